The third kappa shape index (κ3) is 5.80. The van der Waals surface area contributed by atoms with Crippen molar-refractivity contribution in [1.29, 1.82) is 0 Å². The van der Waals surface area contributed by atoms with E-state index in [2.05, 4.69) is 9.88 Å². The molecule has 2 fully saturated rings. The van der Waals surface area contributed by atoms with Crippen molar-refractivity contribution in [3.05, 3.63) is 83.4 Å². The number of β-amino-alcohol motifs (C(OH)–C–C–N with tert-alkyl or cyclic N) is 1. The number of carbonyl (C=O) groups is 1. The number of hydrogen-bond donors (Lipinski definition) is 3. The van der Waals surface area contributed by atoms with Crippen molar-refractivity contribution in [3.63, 3.8) is 0 Å². The van der Waals surface area contributed by atoms with Crippen molar-refractivity contribution in [2.24, 2.45) is 0 Å². The van der Waals surface area contributed by atoms with Crippen LogP contribution in [0.1, 0.15) is 47.5 Å². The molecule has 1 unspecified atom stereocenters. The van der Waals surface area contributed by atoms with Crippen LogP contribution in [-0.4, -0.2) is 75.2 Å². The number of hydrogen-bond acceptors (Lipinski definition) is 5. The highest BCUT2D eigenvalue weighted by molar-refractivity contribution is 6.04. The van der Waals surface area contributed by atoms with Gasteiger partial charge in [-0.15, -0.1) is 0 Å². The van der Waals surface area contributed by atoms with Gasteiger partial charge in [-0.25, -0.2) is 13.2 Å². The summed E-state index contributed by atoms with van der Waals surface area (Å²) in [6, 6.07) is 7.48. The van der Waals surface area contributed by atoms with Crippen molar-refractivity contribution < 1.29 is 28.2 Å². The Balaban J connectivity index is 1.10. The number of rotatable bonds is 7. The normalized spacial score (nSPS) is 19.9. The highest BCUT2D eigenvalue weighted by Crippen LogP contribution is 2.34. The molecule has 6 nitrogen and oxygen atoms in total. The number of nitrogens with zero attached hydrogens (tertiary/aromatic N) is 2. The quantitative estimate of drug-likeness (QED) is 0.315. The van der Waals surface area contributed by atoms with Gasteiger partial charge in [-0.05, 0) is 80.6 Å². The number of halogens is 3. The Labute approximate surface area is 219 Å². The van der Waals surface area contributed by atoms with Gasteiger partial charge in [0.25, 0.3) is 0 Å². The van der Waals surface area contributed by atoms with Gasteiger partial charge in [-0.1, -0.05) is 0 Å². The molecule has 3 aromatic rings. The van der Waals surface area contributed by atoms with Gasteiger partial charge in [0.2, 0.25) is 0 Å². The van der Waals surface area contributed by atoms with Crippen molar-refractivity contribution in [3.8, 4) is 0 Å². The zero-order chi connectivity index (χ0) is 26.9. The number of fused-ring (bicyclic) bond motifs is 1. The third-order valence-electron chi connectivity index (χ3n) is 8.00. The van der Waals surface area contributed by atoms with Crippen LogP contribution in [0.2, 0.25) is 0 Å². The van der Waals surface area contributed by atoms with E-state index >= 15 is 0 Å². The van der Waals surface area contributed by atoms with Gasteiger partial charge in [0.1, 0.15) is 17.5 Å². The fourth-order valence-electron chi connectivity index (χ4n) is 5.65. The molecule has 202 valence electrons. The fraction of sp³-hybridized carbons (Fsp3) is 0.414. The maximum Gasteiger partial charge on any atom is 0.187 e. The largest absolute Gasteiger partial charge is 0.389 e. The van der Waals surface area contributed by atoms with Crippen LogP contribution in [0.15, 0.2) is 54.9 Å². The minimum Gasteiger partial charge on any atom is -0.389 e. The molecule has 3 N–H and O–H groups in total. The molecule has 2 saturated heterocycles. The van der Waals surface area contributed by atoms with Crippen LogP contribution < -0.4 is 0 Å². The zero-order valence-electron chi connectivity index (χ0n) is 21.0. The van der Waals surface area contributed by atoms with E-state index in [9.17, 15) is 28.2 Å². The molecule has 0 spiro atoms. The molecule has 0 saturated carbocycles. The topological polar surface area (TPSA) is 79.8 Å². The standard InChI is InChI=1S/C29H32F3N3O3/c30-21-1-2-26-24(16-21)25(17-33-26)19-3-8-35(9-4-19)18-28(37)29(38)6-11-34(12-7-29)10-5-27(36)20-13-22(31)15-23(32)14-20/h1-2,5,10,13-17,19,28,33,37-38H,3-4,6-9,11-12,18H2. The van der Waals surface area contributed by atoms with Crippen LogP contribution in [-0.2, 0) is 0 Å². The van der Waals surface area contributed by atoms with Crippen molar-refractivity contribution >= 4 is 16.7 Å². The second kappa shape index (κ2) is 10.9. The number of allylic oxidation sites excluding steroid dienone is 1. The third-order valence-corrected chi connectivity index (χ3v) is 8.00. The van der Waals surface area contributed by atoms with Crippen LogP contribution in [0.3, 0.4) is 0 Å². The molecule has 2 aliphatic rings. The first-order valence-electron chi connectivity index (χ1n) is 13.0. The molecule has 0 amide bonds. The smallest absolute Gasteiger partial charge is 0.187 e. The fourth-order valence-corrected chi connectivity index (χ4v) is 5.65. The Bertz CT molecular complexity index is 1300. The SMILES string of the molecule is O=C(C=CN1CCC(O)(C(O)CN2CCC(c3c[nH]c4ccc(F)cc34)CC2)CC1)c1cc(F)cc(F)c1. The Morgan fingerprint density at radius 3 is 2.39 bits per heavy atom. The number of piperidine rings is 2. The predicted molar refractivity (Wildman–Crippen MR) is 138 cm³/mol. The number of aromatic nitrogens is 1. The van der Waals surface area contributed by atoms with E-state index < -0.39 is 29.1 Å². The van der Waals surface area contributed by atoms with Gasteiger partial charge in [0.15, 0.2) is 5.78 Å². The van der Waals surface area contributed by atoms with Crippen LogP contribution in [0.5, 0.6) is 0 Å². The molecule has 3 heterocycles. The average molecular weight is 528 g/mol. The highest BCUT2D eigenvalue weighted by atomic mass is 19.1. The lowest BCUT2D eigenvalue weighted by Crippen LogP contribution is -2.54. The highest BCUT2D eigenvalue weighted by Gasteiger charge is 2.39. The molecule has 2 aromatic carbocycles. The molecular formula is C29H32F3N3O3. The first kappa shape index (κ1) is 26.5. The first-order valence-corrected chi connectivity index (χ1v) is 13.0. The van der Waals surface area contributed by atoms with E-state index in [1.54, 1.807) is 18.3 Å². The monoisotopic (exact) mass is 527 g/mol. The van der Waals surface area contributed by atoms with Crippen LogP contribution >= 0.6 is 0 Å². The Morgan fingerprint density at radius 2 is 1.71 bits per heavy atom. The molecule has 2 aliphatic heterocycles. The summed E-state index contributed by atoms with van der Waals surface area (Å²) in [5.41, 5.74) is 0.753. The molecular weight excluding hydrogens is 495 g/mol. The van der Waals surface area contributed by atoms with E-state index in [0.717, 1.165) is 54.5 Å². The van der Waals surface area contributed by atoms with Crippen LogP contribution in [0, 0.1) is 17.5 Å². The number of ketones is 1. The number of aromatic amines is 1. The van der Waals surface area contributed by atoms with Gasteiger partial charge >= 0.3 is 0 Å². The van der Waals surface area contributed by atoms with Crippen LogP contribution in [0.4, 0.5) is 13.2 Å². The van der Waals surface area contributed by atoms with Crippen molar-refractivity contribution in [2.45, 2.75) is 43.3 Å². The maximum absolute atomic E-state index is 13.8. The zero-order valence-corrected chi connectivity index (χ0v) is 21.0. The number of likely N-dealkylation sites (tertiary alicyclic amines) is 2. The molecule has 0 radical (unpaired) electrons. The minimum absolute atomic E-state index is 0.0664. The van der Waals surface area contributed by atoms with E-state index in [1.807, 2.05) is 11.1 Å². The van der Waals surface area contributed by atoms with Crippen molar-refractivity contribution in [1.82, 2.24) is 14.8 Å². The maximum atomic E-state index is 13.8. The number of nitrogens with one attached hydrogen (secondary N) is 1. The van der Waals surface area contributed by atoms with Gasteiger partial charge in [0.05, 0.1) is 11.7 Å². The van der Waals surface area contributed by atoms with E-state index in [-0.39, 0.29) is 11.4 Å². The predicted octanol–water partition coefficient (Wildman–Crippen LogP) is 4.35. The Morgan fingerprint density at radius 1 is 1.03 bits per heavy atom. The summed E-state index contributed by atoms with van der Waals surface area (Å²) in [4.78, 5) is 19.5. The molecule has 1 atom stereocenters. The molecule has 9 heteroatoms. The molecule has 0 aliphatic carbocycles. The number of H-pyrrole nitrogens is 1. The van der Waals surface area contributed by atoms with Crippen molar-refractivity contribution in [2.75, 3.05) is 32.7 Å². The number of aliphatic hydroxyl groups excluding tert-OH is 1. The minimum atomic E-state index is -1.23. The summed E-state index contributed by atoms with van der Waals surface area (Å²) >= 11 is 0. The Hall–Kier alpha value is -3.14. The molecule has 1 aromatic heterocycles. The summed E-state index contributed by atoms with van der Waals surface area (Å²) in [5, 5.41) is 23.0. The van der Waals surface area contributed by atoms with Gasteiger partial charge in [-0.3, -0.25) is 4.79 Å². The summed E-state index contributed by atoms with van der Waals surface area (Å²) < 4.78 is 40.5. The van der Waals surface area contributed by atoms with E-state index in [1.165, 1.54) is 12.1 Å². The molecule has 0 bridgehead atoms. The van der Waals surface area contributed by atoms with Gasteiger partial charge < -0.3 is 25.0 Å². The number of carbonyl (C=O) groups excluding carboxylic acids is 1. The summed E-state index contributed by atoms with van der Waals surface area (Å²) in [7, 11) is 0. The number of aliphatic hydroxyl groups is 2. The first-order chi connectivity index (χ1) is 18.2. The molecule has 38 heavy (non-hydrogen) atoms. The van der Waals surface area contributed by atoms with E-state index in [4.69, 9.17) is 0 Å². The molecule has 5 rings (SSSR count). The lowest BCUT2D eigenvalue weighted by atomic mass is 9.84. The van der Waals surface area contributed by atoms with Gasteiger partial charge in [-0.2, -0.15) is 0 Å². The lowest BCUT2D eigenvalue weighted by Gasteiger charge is -2.43. The lowest BCUT2D eigenvalue weighted by molar-refractivity contribution is -0.114. The second-order valence-electron chi connectivity index (χ2n) is 10.5. The van der Waals surface area contributed by atoms with Gasteiger partial charge in [0, 0.05) is 60.6 Å². The summed E-state index contributed by atoms with van der Waals surface area (Å²) in [5.74, 6) is -2.07. The Kier molecular flexibility index (Phi) is 7.61. The number of benzene rings is 2. The summed E-state index contributed by atoms with van der Waals surface area (Å²) in [6.45, 7) is 2.79. The second-order valence-corrected chi connectivity index (χ2v) is 10.5. The summed E-state index contributed by atoms with van der Waals surface area (Å²) in [6.07, 6.45) is 6.32. The van der Waals surface area contributed by atoms with E-state index in [0.29, 0.717) is 44.5 Å². The van der Waals surface area contributed by atoms with Crippen LogP contribution in [0.25, 0.3) is 10.9 Å². The average Bonchev–Trinajstić information content (AvgIpc) is 3.31.